The molecule has 4 rings (SSSR count). The van der Waals surface area contributed by atoms with E-state index in [4.69, 9.17) is 23.9 Å². The van der Waals surface area contributed by atoms with E-state index in [1.54, 1.807) is 24.3 Å². The number of hydrogen-bond donors (Lipinski definition) is 1. The van der Waals surface area contributed by atoms with Crippen molar-refractivity contribution in [3.8, 4) is 23.3 Å². The standard InChI is InChI=1S/C30H33BrFN3O5/c1-35(2)13-12-30(36,19-16-25(38-4)29(40-6)33-17-19)26(21-8-7-9-24(37-3)27(21)32)22-15-18-14-20(31)10-11-23(18)34-28(22)39-5/h7-11,14-17,26,36H,12-13H2,1-6H3/t26-,30-/m1/s1. The second-order valence-electron chi connectivity index (χ2n) is 9.63. The van der Waals surface area contributed by atoms with Gasteiger partial charge in [-0.3, -0.25) is 0 Å². The number of halogens is 2. The number of fused-ring (bicyclic) bond motifs is 1. The molecular formula is C30H33BrFN3O5. The fourth-order valence-electron chi connectivity index (χ4n) is 4.92. The van der Waals surface area contributed by atoms with Gasteiger partial charge >= 0.3 is 0 Å². The second-order valence-corrected chi connectivity index (χ2v) is 10.5. The Balaban J connectivity index is 2.10. The number of pyridine rings is 2. The molecule has 2 aromatic carbocycles. The van der Waals surface area contributed by atoms with Gasteiger partial charge < -0.3 is 29.0 Å². The normalized spacial score (nSPS) is 13.7. The molecule has 2 heterocycles. The Morgan fingerprint density at radius 3 is 2.30 bits per heavy atom. The molecule has 2 atom stereocenters. The zero-order valence-electron chi connectivity index (χ0n) is 23.4. The van der Waals surface area contributed by atoms with Gasteiger partial charge in [-0.05, 0) is 56.9 Å². The molecule has 8 nitrogen and oxygen atoms in total. The van der Waals surface area contributed by atoms with Crippen LogP contribution < -0.4 is 18.9 Å². The minimum absolute atomic E-state index is 0.0540. The van der Waals surface area contributed by atoms with Crippen LogP contribution in [0.15, 0.2) is 59.2 Å². The lowest BCUT2D eigenvalue weighted by molar-refractivity contribution is 0.00224. The lowest BCUT2D eigenvalue weighted by atomic mass is 9.71. The maximum absolute atomic E-state index is 16.2. The Morgan fingerprint density at radius 1 is 0.925 bits per heavy atom. The summed E-state index contributed by atoms with van der Waals surface area (Å²) >= 11 is 3.53. The molecule has 0 aliphatic heterocycles. The van der Waals surface area contributed by atoms with E-state index in [2.05, 4.69) is 20.9 Å². The monoisotopic (exact) mass is 613 g/mol. The number of rotatable bonds is 11. The van der Waals surface area contributed by atoms with Gasteiger partial charge in [0.15, 0.2) is 17.3 Å². The van der Waals surface area contributed by atoms with Crippen molar-refractivity contribution in [2.45, 2.75) is 17.9 Å². The fourth-order valence-corrected chi connectivity index (χ4v) is 5.30. The summed E-state index contributed by atoms with van der Waals surface area (Å²) in [7, 11) is 9.71. The molecule has 2 aromatic heterocycles. The van der Waals surface area contributed by atoms with Crippen molar-refractivity contribution in [1.82, 2.24) is 14.9 Å². The first-order valence-electron chi connectivity index (χ1n) is 12.6. The Morgan fingerprint density at radius 2 is 1.65 bits per heavy atom. The first-order valence-corrected chi connectivity index (χ1v) is 13.4. The van der Waals surface area contributed by atoms with Crippen LogP contribution in [0.3, 0.4) is 0 Å². The number of methoxy groups -OCH3 is 4. The van der Waals surface area contributed by atoms with E-state index in [9.17, 15) is 5.11 Å². The van der Waals surface area contributed by atoms with Crippen LogP contribution in [0.5, 0.6) is 23.3 Å². The molecule has 0 fully saturated rings. The van der Waals surface area contributed by atoms with Gasteiger partial charge in [0, 0.05) is 39.3 Å². The number of nitrogens with zero attached hydrogens (tertiary/aromatic N) is 3. The van der Waals surface area contributed by atoms with Crippen LogP contribution in [0, 0.1) is 5.82 Å². The van der Waals surface area contributed by atoms with Gasteiger partial charge in [-0.1, -0.05) is 28.1 Å². The summed E-state index contributed by atoms with van der Waals surface area (Å²) in [4.78, 5) is 11.1. The SMILES string of the molecule is COc1cc([C@](O)(CCN(C)C)[C@@H](c2cc3cc(Br)ccc3nc2OC)c2cccc(OC)c2F)cnc1OC. The number of hydrogen-bond acceptors (Lipinski definition) is 8. The summed E-state index contributed by atoms with van der Waals surface area (Å²) in [6, 6.07) is 14.1. The van der Waals surface area contributed by atoms with Crippen LogP contribution in [-0.4, -0.2) is 69.1 Å². The van der Waals surface area contributed by atoms with E-state index < -0.39 is 17.3 Å². The summed E-state index contributed by atoms with van der Waals surface area (Å²) in [5, 5.41) is 13.6. The average molecular weight is 615 g/mol. The average Bonchev–Trinajstić information content (AvgIpc) is 2.96. The molecule has 0 bridgehead atoms. The van der Waals surface area contributed by atoms with E-state index >= 15 is 4.39 Å². The van der Waals surface area contributed by atoms with Gasteiger partial charge in [-0.15, -0.1) is 0 Å². The van der Waals surface area contributed by atoms with E-state index in [1.807, 2.05) is 43.3 Å². The molecule has 1 N–H and O–H groups in total. The van der Waals surface area contributed by atoms with Crippen molar-refractivity contribution in [3.05, 3.63) is 81.7 Å². The third-order valence-electron chi connectivity index (χ3n) is 6.95. The molecule has 10 heteroatoms. The van der Waals surface area contributed by atoms with Crippen molar-refractivity contribution in [1.29, 1.82) is 0 Å². The Hall–Kier alpha value is -3.47. The first kappa shape index (κ1) is 29.5. The van der Waals surface area contributed by atoms with Crippen molar-refractivity contribution < 1.29 is 28.4 Å². The lowest BCUT2D eigenvalue weighted by Gasteiger charge is -2.39. The van der Waals surface area contributed by atoms with Crippen LogP contribution in [0.4, 0.5) is 4.39 Å². The number of aromatic nitrogens is 2. The molecule has 0 amide bonds. The van der Waals surface area contributed by atoms with Crippen LogP contribution in [0.25, 0.3) is 10.9 Å². The summed E-state index contributed by atoms with van der Waals surface area (Å²) < 4.78 is 39.0. The summed E-state index contributed by atoms with van der Waals surface area (Å²) in [5.74, 6) is -0.672. The topological polar surface area (TPSA) is 86.2 Å². The Bertz CT molecular complexity index is 1500. The number of benzene rings is 2. The largest absolute Gasteiger partial charge is 0.494 e. The highest BCUT2D eigenvalue weighted by atomic mass is 79.9. The van der Waals surface area contributed by atoms with Crippen LogP contribution in [0.1, 0.15) is 29.0 Å². The van der Waals surface area contributed by atoms with Gasteiger partial charge in [0.05, 0.1) is 39.9 Å². The first-order chi connectivity index (χ1) is 19.2. The molecule has 0 unspecified atom stereocenters. The van der Waals surface area contributed by atoms with Crippen LogP contribution >= 0.6 is 15.9 Å². The molecule has 4 aromatic rings. The predicted molar refractivity (Wildman–Crippen MR) is 155 cm³/mol. The third-order valence-corrected chi connectivity index (χ3v) is 7.44. The van der Waals surface area contributed by atoms with Gasteiger partial charge in [-0.2, -0.15) is 0 Å². The predicted octanol–water partition coefficient (Wildman–Crippen LogP) is 5.54. The van der Waals surface area contributed by atoms with Gasteiger partial charge in [0.1, 0.15) is 5.60 Å². The van der Waals surface area contributed by atoms with Crippen LogP contribution in [0.2, 0.25) is 0 Å². The highest BCUT2D eigenvalue weighted by Crippen LogP contribution is 2.49. The fraction of sp³-hybridized carbons (Fsp3) is 0.333. The Kier molecular flexibility index (Phi) is 9.12. The van der Waals surface area contributed by atoms with Gasteiger partial charge in [-0.25, -0.2) is 14.4 Å². The summed E-state index contributed by atoms with van der Waals surface area (Å²) in [5.41, 5.74) is 0.105. The van der Waals surface area contributed by atoms with Crippen molar-refractivity contribution in [2.24, 2.45) is 0 Å². The van der Waals surface area contributed by atoms with E-state index in [0.717, 1.165) is 9.86 Å². The smallest absolute Gasteiger partial charge is 0.256 e. The number of ether oxygens (including phenoxy) is 4. The van der Waals surface area contributed by atoms with Crippen molar-refractivity contribution >= 4 is 26.8 Å². The minimum Gasteiger partial charge on any atom is -0.494 e. The van der Waals surface area contributed by atoms with E-state index in [1.165, 1.54) is 34.6 Å². The Labute approximate surface area is 241 Å². The van der Waals surface area contributed by atoms with Crippen molar-refractivity contribution in [2.75, 3.05) is 49.1 Å². The number of aliphatic hydroxyl groups is 1. The molecule has 0 aliphatic rings. The molecule has 212 valence electrons. The molecule has 0 saturated heterocycles. The van der Waals surface area contributed by atoms with Gasteiger partial charge in [0.2, 0.25) is 5.88 Å². The molecule has 0 aliphatic carbocycles. The lowest BCUT2D eigenvalue weighted by Crippen LogP contribution is -2.38. The van der Waals surface area contributed by atoms with E-state index in [-0.39, 0.29) is 29.5 Å². The highest BCUT2D eigenvalue weighted by Gasteiger charge is 2.44. The van der Waals surface area contributed by atoms with Crippen LogP contribution in [-0.2, 0) is 5.60 Å². The summed E-state index contributed by atoms with van der Waals surface area (Å²) in [6.07, 6.45) is 1.73. The molecular weight excluding hydrogens is 581 g/mol. The zero-order chi connectivity index (χ0) is 29.0. The van der Waals surface area contributed by atoms with E-state index in [0.29, 0.717) is 28.9 Å². The maximum Gasteiger partial charge on any atom is 0.256 e. The highest BCUT2D eigenvalue weighted by molar-refractivity contribution is 9.10. The third kappa shape index (κ3) is 5.70. The second kappa shape index (κ2) is 12.4. The zero-order valence-corrected chi connectivity index (χ0v) is 25.0. The molecule has 0 spiro atoms. The van der Waals surface area contributed by atoms with Gasteiger partial charge in [0.25, 0.3) is 5.88 Å². The summed E-state index contributed by atoms with van der Waals surface area (Å²) in [6.45, 7) is 0.474. The molecule has 0 saturated carbocycles. The molecule has 40 heavy (non-hydrogen) atoms. The quantitative estimate of drug-likeness (QED) is 0.236. The minimum atomic E-state index is -1.71. The maximum atomic E-state index is 16.2. The van der Waals surface area contributed by atoms with Crippen molar-refractivity contribution in [3.63, 3.8) is 0 Å². The molecule has 0 radical (unpaired) electrons.